The lowest BCUT2D eigenvalue weighted by Gasteiger charge is -2.29. The van der Waals surface area contributed by atoms with Crippen LogP contribution in [-0.2, 0) is 5.41 Å². The van der Waals surface area contributed by atoms with Crippen LogP contribution in [0.1, 0.15) is 77.3 Å². The first-order chi connectivity index (χ1) is 23.7. The Labute approximate surface area is 302 Å². The minimum Gasteiger partial charge on any atom is -0.344 e. The highest BCUT2D eigenvalue weighted by molar-refractivity contribution is 6.31. The molecular formula is C44H46Cl2N3+. The Bertz CT molecular complexity index is 1960. The monoisotopic (exact) mass is 686 g/mol. The van der Waals surface area contributed by atoms with Crippen LogP contribution < -0.4 is 9.80 Å². The van der Waals surface area contributed by atoms with Gasteiger partial charge in [-0.2, -0.15) is 4.58 Å². The largest absolute Gasteiger partial charge is 0.344 e. The molecule has 2 heterocycles. The highest BCUT2D eigenvalue weighted by Crippen LogP contribution is 2.49. The van der Waals surface area contributed by atoms with Gasteiger partial charge in [0.1, 0.15) is 6.54 Å². The second kappa shape index (κ2) is 13.7. The topological polar surface area (TPSA) is 9.49 Å². The molecule has 1 unspecified atom stereocenters. The van der Waals surface area contributed by atoms with Gasteiger partial charge in [0.15, 0.2) is 5.71 Å². The van der Waals surface area contributed by atoms with Crippen molar-refractivity contribution in [3.8, 4) is 0 Å². The van der Waals surface area contributed by atoms with Gasteiger partial charge in [-0.15, -0.1) is 0 Å². The first kappa shape index (κ1) is 33.4. The average Bonchev–Trinajstić information content (AvgIpc) is 3.70. The highest BCUT2D eigenvalue weighted by atomic mass is 35.5. The zero-order valence-corrected chi connectivity index (χ0v) is 30.8. The summed E-state index contributed by atoms with van der Waals surface area (Å²) < 4.78 is 2.52. The van der Waals surface area contributed by atoms with E-state index < -0.39 is 0 Å². The number of allylic oxidation sites excluding steroid dienone is 5. The lowest BCUT2D eigenvalue weighted by molar-refractivity contribution is -0.434. The number of fused-ring (bicyclic) bond motifs is 2. The second-order valence-corrected chi connectivity index (χ2v) is 14.8. The van der Waals surface area contributed by atoms with Crippen LogP contribution >= 0.6 is 23.2 Å². The third-order valence-electron chi connectivity index (χ3n) is 10.8. The number of likely N-dealkylation sites (N-methyl/N-ethyl adjacent to an activating group) is 1. The van der Waals surface area contributed by atoms with Crippen LogP contribution in [0.25, 0.3) is 0 Å². The van der Waals surface area contributed by atoms with Crippen molar-refractivity contribution < 1.29 is 4.58 Å². The summed E-state index contributed by atoms with van der Waals surface area (Å²) in [5, 5.41) is 1.60. The number of benzene rings is 4. The van der Waals surface area contributed by atoms with Crippen molar-refractivity contribution in [1.29, 1.82) is 0 Å². The maximum absolute atomic E-state index is 6.52. The van der Waals surface area contributed by atoms with Crippen molar-refractivity contribution in [2.75, 3.05) is 22.9 Å². The van der Waals surface area contributed by atoms with E-state index in [0.717, 1.165) is 48.8 Å². The molecule has 49 heavy (non-hydrogen) atoms. The molecule has 250 valence electrons. The summed E-state index contributed by atoms with van der Waals surface area (Å²) in [5.41, 5.74) is 14.4. The lowest BCUT2D eigenvalue weighted by atomic mass is 9.83. The summed E-state index contributed by atoms with van der Waals surface area (Å²) in [5.74, 6) is 0.345. The number of hydrogen-bond acceptors (Lipinski definition) is 2. The molecule has 1 aliphatic carbocycles. The summed E-state index contributed by atoms with van der Waals surface area (Å²) >= 11 is 13.0. The molecule has 3 nitrogen and oxygen atoms in total. The summed E-state index contributed by atoms with van der Waals surface area (Å²) in [6.07, 6.45) is 8.87. The number of rotatable bonds is 9. The molecule has 0 saturated carbocycles. The van der Waals surface area contributed by atoms with E-state index in [0.29, 0.717) is 5.92 Å². The molecule has 0 N–H and O–H groups in total. The summed E-state index contributed by atoms with van der Waals surface area (Å²) in [6.45, 7) is 13.3. The quantitative estimate of drug-likeness (QED) is 0.162. The van der Waals surface area contributed by atoms with E-state index in [9.17, 15) is 0 Å². The van der Waals surface area contributed by atoms with E-state index in [2.05, 4.69) is 146 Å². The fourth-order valence-electron chi connectivity index (χ4n) is 8.38. The van der Waals surface area contributed by atoms with E-state index in [4.69, 9.17) is 23.2 Å². The molecule has 0 spiro atoms. The van der Waals surface area contributed by atoms with Gasteiger partial charge < -0.3 is 9.80 Å². The Morgan fingerprint density at radius 3 is 2.12 bits per heavy atom. The predicted octanol–water partition coefficient (Wildman–Crippen LogP) is 12.5. The van der Waals surface area contributed by atoms with Gasteiger partial charge >= 0.3 is 0 Å². The molecule has 4 aromatic carbocycles. The molecule has 0 fully saturated rings. The normalized spacial score (nSPS) is 19.7. The minimum absolute atomic E-state index is 0.159. The van der Waals surface area contributed by atoms with E-state index in [1.165, 1.54) is 62.1 Å². The first-order valence-corrected chi connectivity index (χ1v) is 18.5. The fourth-order valence-corrected chi connectivity index (χ4v) is 8.73. The molecule has 0 aromatic heterocycles. The Balaban J connectivity index is 1.33. The van der Waals surface area contributed by atoms with Crippen LogP contribution in [0, 0.1) is 0 Å². The molecule has 7 rings (SSSR count). The minimum atomic E-state index is -0.159. The van der Waals surface area contributed by atoms with Crippen molar-refractivity contribution in [3.63, 3.8) is 0 Å². The van der Waals surface area contributed by atoms with E-state index in [1.54, 1.807) is 0 Å². The van der Waals surface area contributed by atoms with Crippen LogP contribution in [0.5, 0.6) is 0 Å². The average molecular weight is 688 g/mol. The maximum Gasteiger partial charge on any atom is 0.209 e. The SMILES string of the molecule is CCN1/C(=C/C=C2\CCC(CCC3=[N+](CC)c4ccc(Cl)cc4C3C)=C2N(c2ccccc2)c2ccccc2)C(C)(C)c2cc(Cl)ccc21. The molecule has 3 aliphatic rings. The molecule has 0 radical (unpaired) electrons. The Hall–Kier alpha value is -4.05. The van der Waals surface area contributed by atoms with Gasteiger partial charge in [-0.1, -0.05) is 79.5 Å². The molecule has 5 heteroatoms. The van der Waals surface area contributed by atoms with Crippen molar-refractivity contribution in [3.05, 3.63) is 153 Å². The van der Waals surface area contributed by atoms with Gasteiger partial charge in [-0.05, 0) is 117 Å². The van der Waals surface area contributed by atoms with Crippen molar-refractivity contribution in [2.24, 2.45) is 0 Å². The van der Waals surface area contributed by atoms with Crippen LogP contribution in [0.2, 0.25) is 10.0 Å². The molecule has 4 aromatic rings. The Kier molecular flexibility index (Phi) is 9.35. The number of hydrogen-bond donors (Lipinski definition) is 0. The van der Waals surface area contributed by atoms with Gasteiger partial charge in [0.2, 0.25) is 5.69 Å². The zero-order chi connectivity index (χ0) is 34.3. The number of halogens is 2. The van der Waals surface area contributed by atoms with E-state index >= 15 is 0 Å². The van der Waals surface area contributed by atoms with Gasteiger partial charge in [0, 0.05) is 68.5 Å². The van der Waals surface area contributed by atoms with Crippen molar-refractivity contribution >= 4 is 51.7 Å². The molecule has 0 bridgehead atoms. The highest BCUT2D eigenvalue weighted by Gasteiger charge is 2.40. The van der Waals surface area contributed by atoms with Crippen LogP contribution in [-0.4, -0.2) is 23.4 Å². The van der Waals surface area contributed by atoms with Gasteiger partial charge in [-0.25, -0.2) is 0 Å². The third-order valence-corrected chi connectivity index (χ3v) is 11.3. The summed E-state index contributed by atoms with van der Waals surface area (Å²) in [4.78, 5) is 4.95. The first-order valence-electron chi connectivity index (χ1n) is 17.8. The van der Waals surface area contributed by atoms with Crippen LogP contribution in [0.3, 0.4) is 0 Å². The number of para-hydroxylation sites is 2. The molecular weight excluding hydrogens is 641 g/mol. The number of nitrogens with zero attached hydrogens (tertiary/aromatic N) is 3. The van der Waals surface area contributed by atoms with Gasteiger partial charge in [0.05, 0.1) is 5.92 Å². The van der Waals surface area contributed by atoms with E-state index in [-0.39, 0.29) is 5.41 Å². The summed E-state index contributed by atoms with van der Waals surface area (Å²) in [6, 6.07) is 34.4. The fraction of sp³-hybridized carbons (Fsp3) is 0.295. The maximum atomic E-state index is 6.52. The Morgan fingerprint density at radius 1 is 0.816 bits per heavy atom. The predicted molar refractivity (Wildman–Crippen MR) is 210 cm³/mol. The van der Waals surface area contributed by atoms with Crippen molar-refractivity contribution in [1.82, 2.24) is 0 Å². The van der Waals surface area contributed by atoms with Crippen LogP contribution in [0.4, 0.5) is 22.7 Å². The standard InChI is InChI=1S/C44H46Cl2N3/c1-6-47-39(30(3)37-28-33(45)22-25-40(37)47)24-20-31-18-19-32(43(31)49(35-14-10-8-11-15-35)36-16-12-9-13-17-36)21-27-42-44(4,5)38-29-34(46)23-26-41(38)48(42)7-2/h8-17,21-23,25-30H,6-7,18-20,24H2,1-5H3/q+1/b32-21+,42-27+. The molecule has 0 amide bonds. The smallest absolute Gasteiger partial charge is 0.209 e. The molecule has 2 aliphatic heterocycles. The lowest BCUT2D eigenvalue weighted by Crippen LogP contribution is -2.25. The van der Waals surface area contributed by atoms with Gasteiger partial charge in [0.25, 0.3) is 0 Å². The summed E-state index contributed by atoms with van der Waals surface area (Å²) in [7, 11) is 0. The number of anilines is 3. The molecule has 0 saturated heterocycles. The van der Waals surface area contributed by atoms with Crippen molar-refractivity contribution in [2.45, 2.75) is 71.6 Å². The molecule has 1 atom stereocenters. The third kappa shape index (κ3) is 6.06. The van der Waals surface area contributed by atoms with Gasteiger partial charge in [-0.3, -0.25) is 0 Å². The van der Waals surface area contributed by atoms with E-state index in [1.807, 2.05) is 12.1 Å². The second-order valence-electron chi connectivity index (χ2n) is 13.9. The Morgan fingerprint density at radius 2 is 1.47 bits per heavy atom. The zero-order valence-electron chi connectivity index (χ0n) is 29.3. The van der Waals surface area contributed by atoms with Crippen LogP contribution in [0.15, 0.2) is 132 Å².